The molecule has 6 atom stereocenters. The maximum absolute atomic E-state index is 15.0. The molecule has 1 unspecified atom stereocenters. The van der Waals surface area contributed by atoms with Crippen LogP contribution in [0.3, 0.4) is 0 Å². The summed E-state index contributed by atoms with van der Waals surface area (Å²) in [4.78, 5) is 49.5. The van der Waals surface area contributed by atoms with Gasteiger partial charge in [0.2, 0.25) is 11.8 Å². The number of hydrogen-bond acceptors (Lipinski definition) is 5. The average Bonchev–Trinajstić information content (AvgIpc) is 3.35. The molecule has 4 aliphatic heterocycles. The zero-order valence-electron chi connectivity index (χ0n) is 26.5. The SMILES string of the molecule is Cc1cccc(Cl)c1N1CC=C[C@]23O[C@]4(C)C=CCN(Cc5ccccc5)C(=O)[C@@H]4[C@H]2C(=O)N([C@@H](CO)Cc2ccccc2)C3C1=O. The second kappa shape index (κ2) is 12.1. The number of aliphatic hydroxyl groups is 1. The van der Waals surface area contributed by atoms with E-state index in [4.69, 9.17) is 16.3 Å². The molecule has 2 saturated heterocycles. The fourth-order valence-corrected chi connectivity index (χ4v) is 8.48. The van der Waals surface area contributed by atoms with E-state index < -0.39 is 35.1 Å². The van der Waals surface area contributed by atoms with Crippen molar-refractivity contribution >= 4 is 35.0 Å². The highest BCUT2D eigenvalue weighted by Crippen LogP contribution is 2.58. The number of carbonyl (C=O) groups is 3. The number of hydrogen-bond donors (Lipinski definition) is 1. The van der Waals surface area contributed by atoms with Crippen molar-refractivity contribution in [1.82, 2.24) is 9.80 Å². The van der Waals surface area contributed by atoms with Gasteiger partial charge < -0.3 is 24.5 Å². The predicted molar refractivity (Wildman–Crippen MR) is 180 cm³/mol. The molecule has 8 nitrogen and oxygen atoms in total. The molecule has 0 aromatic heterocycles. The normalized spacial score (nSPS) is 29.0. The van der Waals surface area contributed by atoms with Crippen LogP contribution in [0.2, 0.25) is 5.02 Å². The van der Waals surface area contributed by atoms with Crippen LogP contribution >= 0.6 is 11.6 Å². The molecule has 3 amide bonds. The van der Waals surface area contributed by atoms with Crippen LogP contribution in [0.1, 0.15) is 23.6 Å². The van der Waals surface area contributed by atoms with Crippen molar-refractivity contribution in [1.29, 1.82) is 0 Å². The number of rotatable bonds is 7. The van der Waals surface area contributed by atoms with Crippen LogP contribution in [0.4, 0.5) is 5.69 Å². The molecule has 47 heavy (non-hydrogen) atoms. The Morgan fingerprint density at radius 1 is 0.851 bits per heavy atom. The summed E-state index contributed by atoms with van der Waals surface area (Å²) in [6.45, 7) is 4.30. The first-order valence-corrected chi connectivity index (χ1v) is 16.5. The first-order valence-electron chi connectivity index (χ1n) is 16.1. The standard InChI is InChI=1S/C38H38ClN3O5/c1-25-12-9-17-29(39)32(25)41-21-11-19-38-31(35(45)42(33(38)36(41)46)28(24-43)22-26-13-5-3-6-14-26)30-34(44)40(20-10-18-37(30,2)47-38)23-27-15-7-4-8-16-27/h3-19,28,30-31,33,43H,20-24H2,1-2H3/t28-,30+,31+,33?,37-,38+/m1/s1. The average molecular weight is 652 g/mol. The van der Waals surface area contributed by atoms with Crippen molar-refractivity contribution in [2.45, 2.75) is 50.1 Å². The molecule has 242 valence electrons. The molecule has 1 spiro atoms. The Kier molecular flexibility index (Phi) is 8.07. The second-order valence-electron chi connectivity index (χ2n) is 13.1. The minimum atomic E-state index is -1.46. The van der Waals surface area contributed by atoms with E-state index >= 15 is 9.59 Å². The first kappa shape index (κ1) is 31.4. The van der Waals surface area contributed by atoms with Gasteiger partial charge in [-0.1, -0.05) is 109 Å². The number of halogens is 1. The number of aliphatic hydroxyl groups excluding tert-OH is 1. The van der Waals surface area contributed by atoms with Gasteiger partial charge in [-0.05, 0) is 43.0 Å². The minimum Gasteiger partial charge on any atom is -0.394 e. The summed E-state index contributed by atoms with van der Waals surface area (Å²) < 4.78 is 7.01. The molecule has 3 aromatic carbocycles. The van der Waals surface area contributed by atoms with Crippen LogP contribution < -0.4 is 4.90 Å². The Morgan fingerprint density at radius 3 is 2.21 bits per heavy atom. The van der Waals surface area contributed by atoms with Gasteiger partial charge in [-0.25, -0.2) is 0 Å². The number of anilines is 1. The summed E-state index contributed by atoms with van der Waals surface area (Å²) in [5.41, 5.74) is 0.642. The Hall–Kier alpha value is -4.24. The summed E-state index contributed by atoms with van der Waals surface area (Å²) in [5, 5.41) is 11.3. The quantitative estimate of drug-likeness (QED) is 0.374. The number of benzene rings is 3. The van der Waals surface area contributed by atoms with Crippen molar-refractivity contribution in [3.05, 3.63) is 125 Å². The van der Waals surface area contributed by atoms with Crippen LogP contribution in [0.25, 0.3) is 0 Å². The van der Waals surface area contributed by atoms with Crippen molar-refractivity contribution in [3.8, 4) is 0 Å². The summed E-state index contributed by atoms with van der Waals surface area (Å²) in [6.07, 6.45) is 7.79. The number of aryl methyl sites for hydroxylation is 1. The number of carbonyl (C=O) groups excluding carboxylic acids is 3. The first-order chi connectivity index (χ1) is 22.7. The van der Waals surface area contributed by atoms with E-state index in [0.717, 1.165) is 16.7 Å². The molecule has 3 aromatic rings. The van der Waals surface area contributed by atoms with Crippen LogP contribution in [0, 0.1) is 18.8 Å². The molecular formula is C38H38ClN3O5. The molecule has 1 N–H and O–H groups in total. The van der Waals surface area contributed by atoms with Gasteiger partial charge in [0, 0.05) is 19.6 Å². The van der Waals surface area contributed by atoms with Gasteiger partial charge in [-0.2, -0.15) is 0 Å². The number of likely N-dealkylation sites (tertiary alicyclic amines) is 1. The Balaban J connectivity index is 1.36. The van der Waals surface area contributed by atoms with Crippen molar-refractivity contribution in [3.63, 3.8) is 0 Å². The third kappa shape index (κ3) is 5.10. The Bertz CT molecular complexity index is 1740. The van der Waals surface area contributed by atoms with Gasteiger partial charge in [-0.15, -0.1) is 0 Å². The number of para-hydroxylation sites is 1. The maximum Gasteiger partial charge on any atom is 0.253 e. The lowest BCUT2D eigenvalue weighted by atomic mass is 9.74. The number of amides is 3. The smallest absolute Gasteiger partial charge is 0.253 e. The molecule has 2 fully saturated rings. The van der Waals surface area contributed by atoms with Crippen molar-refractivity contribution < 1.29 is 24.2 Å². The fourth-order valence-electron chi connectivity index (χ4n) is 8.15. The van der Waals surface area contributed by atoms with E-state index in [1.807, 2.05) is 111 Å². The molecule has 9 heteroatoms. The van der Waals surface area contributed by atoms with E-state index in [1.165, 1.54) is 4.90 Å². The minimum absolute atomic E-state index is 0.202. The number of fused-ring (bicyclic) bond motifs is 2. The zero-order chi connectivity index (χ0) is 32.9. The van der Waals surface area contributed by atoms with Gasteiger partial charge in [0.15, 0.2) is 0 Å². The molecule has 7 rings (SSSR count). The highest BCUT2D eigenvalue weighted by atomic mass is 35.5. The van der Waals surface area contributed by atoms with Gasteiger partial charge >= 0.3 is 0 Å². The largest absolute Gasteiger partial charge is 0.394 e. The van der Waals surface area contributed by atoms with Gasteiger partial charge in [0.1, 0.15) is 11.6 Å². The van der Waals surface area contributed by atoms with Crippen molar-refractivity contribution in [2.24, 2.45) is 11.8 Å². The van der Waals surface area contributed by atoms with Crippen LogP contribution in [0.5, 0.6) is 0 Å². The predicted octanol–water partition coefficient (Wildman–Crippen LogP) is 4.72. The monoisotopic (exact) mass is 651 g/mol. The maximum atomic E-state index is 15.0. The van der Waals surface area contributed by atoms with E-state index in [9.17, 15) is 9.90 Å². The summed E-state index contributed by atoms with van der Waals surface area (Å²) in [6, 6.07) is 22.9. The molecule has 4 aliphatic rings. The van der Waals surface area contributed by atoms with Crippen LogP contribution in [0.15, 0.2) is 103 Å². The third-order valence-electron chi connectivity index (χ3n) is 10.2. The molecule has 0 radical (unpaired) electrons. The molecule has 0 saturated carbocycles. The number of ether oxygens (including phenoxy) is 1. The summed E-state index contributed by atoms with van der Waals surface area (Å²) in [5.74, 6) is -2.84. The van der Waals surface area contributed by atoms with Gasteiger partial charge in [0.25, 0.3) is 5.91 Å². The third-order valence-corrected chi connectivity index (χ3v) is 10.5. The van der Waals surface area contributed by atoms with E-state index in [1.54, 1.807) is 15.9 Å². The van der Waals surface area contributed by atoms with E-state index in [-0.39, 0.29) is 30.9 Å². The highest BCUT2D eigenvalue weighted by Gasteiger charge is 2.75. The molecule has 0 aliphatic carbocycles. The highest BCUT2D eigenvalue weighted by molar-refractivity contribution is 6.34. The zero-order valence-corrected chi connectivity index (χ0v) is 27.2. The summed E-state index contributed by atoms with van der Waals surface area (Å²) in [7, 11) is 0. The Morgan fingerprint density at radius 2 is 1.53 bits per heavy atom. The lowest BCUT2D eigenvalue weighted by Crippen LogP contribution is -2.59. The fraction of sp³-hybridized carbons (Fsp3) is 0.342. The molecule has 0 bridgehead atoms. The second-order valence-corrected chi connectivity index (χ2v) is 13.5. The lowest BCUT2D eigenvalue weighted by molar-refractivity contribution is -0.151. The summed E-state index contributed by atoms with van der Waals surface area (Å²) >= 11 is 6.71. The van der Waals surface area contributed by atoms with Crippen LogP contribution in [-0.4, -0.2) is 75.6 Å². The molecular weight excluding hydrogens is 614 g/mol. The Labute approximate surface area is 279 Å². The van der Waals surface area contributed by atoms with Crippen molar-refractivity contribution in [2.75, 3.05) is 24.6 Å². The number of nitrogens with zero attached hydrogens (tertiary/aromatic N) is 3. The van der Waals surface area contributed by atoms with E-state index in [2.05, 4.69) is 0 Å². The topological polar surface area (TPSA) is 90.4 Å². The van der Waals surface area contributed by atoms with E-state index in [0.29, 0.717) is 30.2 Å². The lowest BCUT2D eigenvalue weighted by Gasteiger charge is -2.40. The van der Waals surface area contributed by atoms with Crippen LogP contribution in [-0.2, 0) is 32.1 Å². The van der Waals surface area contributed by atoms with Gasteiger partial charge in [0.05, 0.1) is 40.8 Å². The molecule has 4 heterocycles. The van der Waals surface area contributed by atoms with Gasteiger partial charge in [-0.3, -0.25) is 14.4 Å².